The molecule has 0 amide bonds. The number of para-hydroxylation sites is 1. The SMILES string of the molecule is C=C/C=C(\C=C)c1cccc(-n2c3ccccc3c3cc4ccccc4cc32)c1. The Morgan fingerprint density at radius 3 is 2.24 bits per heavy atom. The molecule has 0 unspecified atom stereocenters. The molecule has 0 N–H and O–H groups in total. The summed E-state index contributed by atoms with van der Waals surface area (Å²) in [5.74, 6) is 0. The Morgan fingerprint density at radius 1 is 0.690 bits per heavy atom. The molecule has 0 saturated heterocycles. The van der Waals surface area contributed by atoms with Crippen molar-refractivity contribution in [3.8, 4) is 5.69 Å². The van der Waals surface area contributed by atoms with Crippen molar-refractivity contribution in [2.45, 2.75) is 0 Å². The third-order valence-corrected chi connectivity index (χ3v) is 5.50. The number of rotatable bonds is 4. The van der Waals surface area contributed by atoms with E-state index in [1.54, 1.807) is 6.08 Å². The minimum atomic E-state index is 1.06. The van der Waals surface area contributed by atoms with Gasteiger partial charge in [0.1, 0.15) is 0 Å². The molecule has 29 heavy (non-hydrogen) atoms. The molecular formula is C28H21N. The first kappa shape index (κ1) is 17.3. The molecule has 1 heteroatoms. The van der Waals surface area contributed by atoms with Gasteiger partial charge in [-0.3, -0.25) is 0 Å². The molecule has 5 rings (SSSR count). The maximum absolute atomic E-state index is 3.96. The molecule has 0 spiro atoms. The van der Waals surface area contributed by atoms with Gasteiger partial charge in [-0.15, -0.1) is 0 Å². The number of benzene rings is 4. The number of hydrogen-bond donors (Lipinski definition) is 0. The average molecular weight is 371 g/mol. The van der Waals surface area contributed by atoms with E-state index in [1.165, 1.54) is 32.6 Å². The monoisotopic (exact) mass is 371 g/mol. The lowest BCUT2D eigenvalue weighted by Crippen LogP contribution is -1.95. The molecule has 138 valence electrons. The van der Waals surface area contributed by atoms with E-state index in [9.17, 15) is 0 Å². The first-order valence-corrected chi connectivity index (χ1v) is 9.78. The van der Waals surface area contributed by atoms with Crippen LogP contribution in [-0.2, 0) is 0 Å². The topological polar surface area (TPSA) is 4.93 Å². The molecule has 0 saturated carbocycles. The van der Waals surface area contributed by atoms with Crippen LogP contribution in [0.1, 0.15) is 5.56 Å². The smallest absolute Gasteiger partial charge is 0.0547 e. The highest BCUT2D eigenvalue weighted by Crippen LogP contribution is 2.35. The summed E-state index contributed by atoms with van der Waals surface area (Å²) in [5.41, 5.74) is 5.76. The van der Waals surface area contributed by atoms with Crippen molar-refractivity contribution in [3.05, 3.63) is 122 Å². The molecule has 1 aromatic heterocycles. The van der Waals surface area contributed by atoms with Crippen LogP contribution in [0.5, 0.6) is 0 Å². The van der Waals surface area contributed by atoms with Gasteiger partial charge in [-0.05, 0) is 52.2 Å². The van der Waals surface area contributed by atoms with E-state index in [2.05, 4.69) is 103 Å². The molecule has 1 heterocycles. The summed E-state index contributed by atoms with van der Waals surface area (Å²) < 4.78 is 2.36. The van der Waals surface area contributed by atoms with Gasteiger partial charge in [0.15, 0.2) is 0 Å². The van der Waals surface area contributed by atoms with Crippen molar-refractivity contribution in [1.29, 1.82) is 0 Å². The van der Waals surface area contributed by atoms with Gasteiger partial charge >= 0.3 is 0 Å². The standard InChI is InChI=1S/C28H21N/c1-3-10-20(4-2)21-13-9-14-24(17-21)29-27-16-8-7-15-25(27)26-18-22-11-5-6-12-23(22)19-28(26)29/h3-19H,1-2H2/b20-10+. The zero-order valence-corrected chi connectivity index (χ0v) is 16.2. The van der Waals surface area contributed by atoms with E-state index >= 15 is 0 Å². The number of fused-ring (bicyclic) bond motifs is 4. The second-order valence-electron chi connectivity index (χ2n) is 7.18. The summed E-state index contributed by atoms with van der Waals surface area (Å²) in [4.78, 5) is 0. The average Bonchev–Trinajstić information content (AvgIpc) is 3.09. The van der Waals surface area contributed by atoms with E-state index in [4.69, 9.17) is 0 Å². The molecule has 0 bridgehead atoms. The summed E-state index contributed by atoms with van der Waals surface area (Å²) in [7, 11) is 0. The molecule has 5 aromatic rings. The second-order valence-corrected chi connectivity index (χ2v) is 7.18. The normalized spacial score (nSPS) is 11.9. The fraction of sp³-hybridized carbons (Fsp3) is 0. The van der Waals surface area contributed by atoms with E-state index in [-0.39, 0.29) is 0 Å². The van der Waals surface area contributed by atoms with Gasteiger partial charge in [0.05, 0.1) is 11.0 Å². The zero-order chi connectivity index (χ0) is 19.8. The van der Waals surface area contributed by atoms with Crippen LogP contribution in [0.2, 0.25) is 0 Å². The summed E-state index contributed by atoms with van der Waals surface area (Å²) in [5, 5.41) is 5.05. The Balaban J connectivity index is 1.87. The van der Waals surface area contributed by atoms with Gasteiger partial charge in [0.2, 0.25) is 0 Å². The summed E-state index contributed by atoms with van der Waals surface area (Å²) in [6.45, 7) is 7.79. The number of allylic oxidation sites excluding steroid dienone is 4. The molecule has 0 radical (unpaired) electrons. The summed E-state index contributed by atoms with van der Waals surface area (Å²) in [6, 6.07) is 30.4. The summed E-state index contributed by atoms with van der Waals surface area (Å²) >= 11 is 0. The zero-order valence-electron chi connectivity index (χ0n) is 16.2. The van der Waals surface area contributed by atoms with Crippen LogP contribution in [0.3, 0.4) is 0 Å². The van der Waals surface area contributed by atoms with Crippen LogP contribution in [0.15, 0.2) is 116 Å². The van der Waals surface area contributed by atoms with Crippen LogP contribution in [0, 0.1) is 0 Å². The van der Waals surface area contributed by atoms with E-state index in [1.807, 2.05) is 12.2 Å². The predicted octanol–water partition coefficient (Wildman–Crippen LogP) is 7.69. The van der Waals surface area contributed by atoms with Gasteiger partial charge in [-0.1, -0.05) is 86.0 Å². The lowest BCUT2D eigenvalue weighted by Gasteiger charge is -2.11. The Kier molecular flexibility index (Phi) is 4.14. The largest absolute Gasteiger partial charge is 0.309 e. The maximum atomic E-state index is 3.96. The van der Waals surface area contributed by atoms with E-state index < -0.39 is 0 Å². The number of hydrogen-bond acceptors (Lipinski definition) is 0. The highest BCUT2D eigenvalue weighted by molar-refractivity contribution is 6.13. The molecule has 4 aromatic carbocycles. The molecule has 0 aliphatic heterocycles. The lowest BCUT2D eigenvalue weighted by atomic mass is 10.0. The van der Waals surface area contributed by atoms with Gasteiger partial charge < -0.3 is 4.57 Å². The molecule has 0 fully saturated rings. The van der Waals surface area contributed by atoms with Crippen molar-refractivity contribution in [1.82, 2.24) is 4.57 Å². The predicted molar refractivity (Wildman–Crippen MR) is 127 cm³/mol. The third-order valence-electron chi connectivity index (χ3n) is 5.50. The number of nitrogens with zero attached hydrogens (tertiary/aromatic N) is 1. The van der Waals surface area contributed by atoms with Gasteiger partial charge in [0.25, 0.3) is 0 Å². The first-order valence-electron chi connectivity index (χ1n) is 9.78. The highest BCUT2D eigenvalue weighted by atomic mass is 15.0. The minimum Gasteiger partial charge on any atom is -0.309 e. The highest BCUT2D eigenvalue weighted by Gasteiger charge is 2.13. The Bertz CT molecular complexity index is 1430. The van der Waals surface area contributed by atoms with Crippen LogP contribution in [0.25, 0.3) is 43.8 Å². The third kappa shape index (κ3) is 2.79. The Morgan fingerprint density at radius 2 is 1.45 bits per heavy atom. The fourth-order valence-corrected chi connectivity index (χ4v) is 4.17. The van der Waals surface area contributed by atoms with E-state index in [0.717, 1.165) is 16.8 Å². The minimum absolute atomic E-state index is 1.06. The maximum Gasteiger partial charge on any atom is 0.0547 e. The number of aromatic nitrogens is 1. The first-order chi connectivity index (χ1) is 14.3. The quantitative estimate of drug-likeness (QED) is 0.285. The van der Waals surface area contributed by atoms with Crippen molar-refractivity contribution in [2.24, 2.45) is 0 Å². The lowest BCUT2D eigenvalue weighted by molar-refractivity contribution is 1.18. The van der Waals surface area contributed by atoms with Crippen LogP contribution in [-0.4, -0.2) is 4.57 Å². The Hall–Kier alpha value is -3.84. The van der Waals surface area contributed by atoms with Crippen LogP contribution >= 0.6 is 0 Å². The van der Waals surface area contributed by atoms with Gasteiger partial charge in [-0.2, -0.15) is 0 Å². The van der Waals surface area contributed by atoms with Crippen molar-refractivity contribution in [3.63, 3.8) is 0 Å². The Labute approximate surface area is 170 Å². The van der Waals surface area contributed by atoms with Crippen molar-refractivity contribution >= 4 is 38.2 Å². The molecule has 0 aliphatic carbocycles. The molecule has 0 aliphatic rings. The van der Waals surface area contributed by atoms with Crippen molar-refractivity contribution in [2.75, 3.05) is 0 Å². The molecule has 1 nitrogen and oxygen atoms in total. The van der Waals surface area contributed by atoms with Gasteiger partial charge in [-0.25, -0.2) is 0 Å². The van der Waals surface area contributed by atoms with Crippen LogP contribution in [0.4, 0.5) is 0 Å². The van der Waals surface area contributed by atoms with Crippen LogP contribution < -0.4 is 0 Å². The summed E-state index contributed by atoms with van der Waals surface area (Å²) in [6.07, 6.45) is 5.67. The molecule has 0 atom stereocenters. The fourth-order valence-electron chi connectivity index (χ4n) is 4.17. The van der Waals surface area contributed by atoms with Crippen molar-refractivity contribution < 1.29 is 0 Å². The molecular weight excluding hydrogens is 350 g/mol. The van der Waals surface area contributed by atoms with E-state index in [0.29, 0.717) is 0 Å². The second kappa shape index (κ2) is 6.96. The van der Waals surface area contributed by atoms with Gasteiger partial charge in [0, 0.05) is 16.5 Å².